The first kappa shape index (κ1) is 14.1. The van der Waals surface area contributed by atoms with E-state index in [0.29, 0.717) is 10.3 Å². The zero-order chi connectivity index (χ0) is 15.0. The van der Waals surface area contributed by atoms with E-state index in [1.165, 1.54) is 11.8 Å². The Morgan fingerprint density at radius 3 is 2.71 bits per heavy atom. The van der Waals surface area contributed by atoms with Crippen molar-refractivity contribution in [1.29, 1.82) is 5.41 Å². The van der Waals surface area contributed by atoms with Gasteiger partial charge in [0.15, 0.2) is 5.17 Å². The van der Waals surface area contributed by atoms with Gasteiger partial charge in [-0.25, -0.2) is 4.90 Å². The summed E-state index contributed by atoms with van der Waals surface area (Å²) in [5.41, 5.74) is 2.31. The molecule has 2 aliphatic rings. The van der Waals surface area contributed by atoms with Crippen molar-refractivity contribution >= 4 is 51.9 Å². The lowest BCUT2D eigenvalue weighted by Crippen LogP contribution is -2.41. The van der Waals surface area contributed by atoms with Crippen LogP contribution in [0.15, 0.2) is 39.2 Å². The molecule has 1 aromatic carbocycles. The highest BCUT2D eigenvalue weighted by atomic mass is 32.2. The van der Waals surface area contributed by atoms with Crippen molar-refractivity contribution in [2.24, 2.45) is 9.39 Å². The maximum atomic E-state index is 12.1. The lowest BCUT2D eigenvalue weighted by Gasteiger charge is -2.23. The van der Waals surface area contributed by atoms with E-state index in [-0.39, 0.29) is 11.4 Å². The number of fused-ring (bicyclic) bond motifs is 1. The van der Waals surface area contributed by atoms with Gasteiger partial charge in [-0.3, -0.25) is 10.2 Å². The largest absolute Gasteiger partial charge is 0.283 e. The number of amidine groups is 3. The van der Waals surface area contributed by atoms with Crippen LogP contribution in [0.1, 0.15) is 11.1 Å². The van der Waals surface area contributed by atoms with Gasteiger partial charge in [-0.2, -0.15) is 9.39 Å². The number of aryl methyl sites for hydroxylation is 1. The third kappa shape index (κ3) is 2.54. The first-order chi connectivity index (χ1) is 10.1. The average Bonchev–Trinajstić information content (AvgIpc) is 2.88. The van der Waals surface area contributed by atoms with Gasteiger partial charge in [-0.1, -0.05) is 41.6 Å². The summed E-state index contributed by atoms with van der Waals surface area (Å²) >= 11 is 2.56. The zero-order valence-corrected chi connectivity index (χ0v) is 13.1. The minimum absolute atomic E-state index is 0.128. The molecule has 0 spiro atoms. The summed E-state index contributed by atoms with van der Waals surface area (Å²) < 4.78 is 4.21. The molecule has 2 heterocycles. The normalized spacial score (nSPS) is 19.7. The molecule has 21 heavy (non-hydrogen) atoms. The van der Waals surface area contributed by atoms with Crippen LogP contribution >= 0.6 is 23.7 Å². The van der Waals surface area contributed by atoms with Crippen LogP contribution in [0.5, 0.6) is 0 Å². The molecule has 1 N–H and O–H groups in total. The van der Waals surface area contributed by atoms with Crippen LogP contribution in [0.3, 0.4) is 0 Å². The van der Waals surface area contributed by atoms with E-state index in [0.717, 1.165) is 23.1 Å². The fourth-order valence-corrected chi connectivity index (χ4v) is 3.41. The summed E-state index contributed by atoms with van der Waals surface area (Å²) in [6.07, 6.45) is 3.58. The van der Waals surface area contributed by atoms with E-state index < -0.39 is 5.91 Å². The smallest absolute Gasteiger partial charge is 0.283 e. The Hall–Kier alpha value is -1.86. The number of nitrogens with one attached hydrogen (secondary N) is 1. The molecular weight excluding hydrogens is 304 g/mol. The number of hydrogen-bond donors (Lipinski definition) is 1. The molecule has 2 aliphatic heterocycles. The predicted molar refractivity (Wildman–Crippen MR) is 89.7 cm³/mol. The second-order valence-corrected chi connectivity index (χ2v) is 6.03. The van der Waals surface area contributed by atoms with Gasteiger partial charge in [0.1, 0.15) is 5.84 Å². The first-order valence-corrected chi connectivity index (χ1v) is 8.19. The molecule has 0 unspecified atom stereocenters. The maximum Gasteiger partial charge on any atom is 0.283 e. The van der Waals surface area contributed by atoms with Crippen LogP contribution in [0.25, 0.3) is 6.08 Å². The Labute approximate surface area is 130 Å². The molecule has 0 aromatic heterocycles. The molecule has 0 saturated heterocycles. The van der Waals surface area contributed by atoms with Gasteiger partial charge >= 0.3 is 0 Å². The molecule has 1 aromatic rings. The third-order valence-electron chi connectivity index (χ3n) is 3.07. The van der Waals surface area contributed by atoms with Crippen molar-refractivity contribution in [2.45, 2.75) is 6.92 Å². The second-order valence-electron chi connectivity index (χ2n) is 4.52. The molecule has 0 atom stereocenters. The Kier molecular flexibility index (Phi) is 3.69. The molecule has 1 amide bonds. The molecular formula is C14H12N4OS2. The van der Waals surface area contributed by atoms with Crippen LogP contribution in [0.2, 0.25) is 0 Å². The molecule has 0 aliphatic carbocycles. The minimum atomic E-state index is -0.392. The fraction of sp³-hybridized carbons (Fsp3) is 0.143. The summed E-state index contributed by atoms with van der Waals surface area (Å²) in [6, 6.07) is 7.78. The Morgan fingerprint density at radius 2 is 2.05 bits per heavy atom. The molecule has 0 bridgehead atoms. The van der Waals surface area contributed by atoms with E-state index in [1.54, 1.807) is 11.0 Å². The molecule has 7 heteroatoms. The van der Waals surface area contributed by atoms with Gasteiger partial charge in [0, 0.05) is 0 Å². The van der Waals surface area contributed by atoms with Crippen LogP contribution in [0.4, 0.5) is 0 Å². The number of aliphatic imine (C=N–C) groups is 1. The van der Waals surface area contributed by atoms with Crippen molar-refractivity contribution in [2.75, 3.05) is 6.26 Å². The number of benzene rings is 1. The Bertz CT molecular complexity index is 719. The minimum Gasteiger partial charge on any atom is -0.283 e. The number of amides is 1. The van der Waals surface area contributed by atoms with Crippen LogP contribution in [-0.2, 0) is 4.79 Å². The monoisotopic (exact) mass is 316 g/mol. The van der Waals surface area contributed by atoms with Gasteiger partial charge in [-0.05, 0) is 24.8 Å². The van der Waals surface area contributed by atoms with E-state index >= 15 is 0 Å². The van der Waals surface area contributed by atoms with Gasteiger partial charge in [0.05, 0.1) is 17.5 Å². The standard InChI is InChI=1S/C14H12N4OS2/c1-8-3-5-9(6-4-8)7-10-11(15)18-13(16-12(10)19)21-17-14(18)20-2/h3-7,15H,1-2H3/b10-7-,15-11?. The number of carbonyl (C=O) groups is 1. The van der Waals surface area contributed by atoms with Crippen molar-refractivity contribution in [1.82, 2.24) is 4.90 Å². The summed E-state index contributed by atoms with van der Waals surface area (Å²) in [5.74, 6) is -0.263. The van der Waals surface area contributed by atoms with Gasteiger partial charge in [0.25, 0.3) is 5.91 Å². The van der Waals surface area contributed by atoms with Gasteiger partial charge in [-0.15, -0.1) is 0 Å². The highest BCUT2D eigenvalue weighted by molar-refractivity contribution is 8.18. The summed E-state index contributed by atoms with van der Waals surface area (Å²) in [4.78, 5) is 17.7. The average molecular weight is 316 g/mol. The topological polar surface area (TPSA) is 68.9 Å². The number of carbonyl (C=O) groups excluding carboxylic acids is 1. The number of rotatable bonds is 1. The number of thioether (sulfide) groups is 1. The fourth-order valence-electron chi connectivity index (χ4n) is 1.96. The molecule has 3 rings (SSSR count). The second kappa shape index (κ2) is 5.50. The van der Waals surface area contributed by atoms with E-state index in [9.17, 15) is 4.79 Å². The van der Waals surface area contributed by atoms with Crippen molar-refractivity contribution < 1.29 is 4.79 Å². The SMILES string of the molecule is CSC1=NSC2=NC(=O)/C(=C\c3ccc(C)cc3)C(=N)N12. The van der Waals surface area contributed by atoms with Gasteiger partial charge < -0.3 is 0 Å². The Morgan fingerprint density at radius 1 is 1.33 bits per heavy atom. The third-order valence-corrected chi connectivity index (χ3v) is 4.52. The lowest BCUT2D eigenvalue weighted by atomic mass is 10.1. The zero-order valence-electron chi connectivity index (χ0n) is 11.5. The number of hydrogen-bond acceptors (Lipinski definition) is 5. The summed E-state index contributed by atoms with van der Waals surface area (Å²) in [6.45, 7) is 2.00. The molecule has 0 fully saturated rings. The number of nitrogens with zero attached hydrogens (tertiary/aromatic N) is 3. The van der Waals surface area contributed by atoms with Crippen LogP contribution in [0, 0.1) is 12.3 Å². The first-order valence-electron chi connectivity index (χ1n) is 6.19. The highest BCUT2D eigenvalue weighted by Crippen LogP contribution is 2.30. The Balaban J connectivity index is 2.00. The summed E-state index contributed by atoms with van der Waals surface area (Å²) in [5, 5.41) is 9.40. The molecule has 0 saturated carbocycles. The predicted octanol–water partition coefficient (Wildman–Crippen LogP) is 2.93. The van der Waals surface area contributed by atoms with E-state index in [4.69, 9.17) is 5.41 Å². The van der Waals surface area contributed by atoms with Gasteiger partial charge in [0.2, 0.25) is 5.17 Å². The molecule has 5 nitrogen and oxygen atoms in total. The lowest BCUT2D eigenvalue weighted by molar-refractivity contribution is -0.114. The quantitative estimate of drug-likeness (QED) is 0.639. The molecule has 106 valence electrons. The van der Waals surface area contributed by atoms with Crippen molar-refractivity contribution in [3.05, 3.63) is 41.0 Å². The van der Waals surface area contributed by atoms with Crippen molar-refractivity contribution in [3.63, 3.8) is 0 Å². The van der Waals surface area contributed by atoms with E-state index in [1.807, 2.05) is 37.4 Å². The molecule has 0 radical (unpaired) electrons. The highest BCUT2D eigenvalue weighted by Gasteiger charge is 2.36. The van der Waals surface area contributed by atoms with E-state index in [2.05, 4.69) is 9.39 Å². The summed E-state index contributed by atoms with van der Waals surface area (Å²) in [7, 11) is 0. The van der Waals surface area contributed by atoms with Crippen LogP contribution < -0.4 is 0 Å². The van der Waals surface area contributed by atoms with Crippen molar-refractivity contribution in [3.8, 4) is 0 Å². The van der Waals surface area contributed by atoms with Crippen LogP contribution in [-0.4, -0.2) is 33.2 Å². The maximum absolute atomic E-state index is 12.1.